The molecule has 0 spiro atoms. The van der Waals surface area contributed by atoms with Gasteiger partial charge in [0.05, 0.1) is 29.7 Å². The van der Waals surface area contributed by atoms with Crippen LogP contribution in [0.25, 0.3) is 0 Å². The molecule has 2 N–H and O–H groups in total. The topological polar surface area (TPSA) is 79.3 Å². The van der Waals surface area contributed by atoms with Crippen molar-refractivity contribution in [3.63, 3.8) is 0 Å². The van der Waals surface area contributed by atoms with Crippen molar-refractivity contribution in [2.24, 2.45) is 0 Å². The molecule has 1 atom stereocenters. The van der Waals surface area contributed by atoms with E-state index in [0.717, 1.165) is 50.9 Å². The molecule has 2 heterocycles. The molecule has 1 saturated heterocycles. The van der Waals surface area contributed by atoms with Crippen molar-refractivity contribution in [2.75, 3.05) is 23.7 Å². The van der Waals surface area contributed by atoms with Crippen LogP contribution in [-0.2, 0) is 11.3 Å². The number of amides is 2. The van der Waals surface area contributed by atoms with Gasteiger partial charge in [-0.15, -0.1) is 0 Å². The Morgan fingerprint density at radius 1 is 1.19 bits per heavy atom. The number of rotatable bonds is 8. The van der Waals surface area contributed by atoms with Gasteiger partial charge < -0.3 is 10.6 Å². The Morgan fingerprint density at radius 2 is 2.00 bits per heavy atom. The monoisotopic (exact) mass is 441 g/mol. The second kappa shape index (κ2) is 9.81. The Kier molecular flexibility index (Phi) is 6.89. The fourth-order valence-corrected chi connectivity index (χ4v) is 4.41. The highest BCUT2D eigenvalue weighted by molar-refractivity contribution is 6.05. The largest absolute Gasteiger partial charge is 0.325 e. The van der Waals surface area contributed by atoms with Crippen LogP contribution in [0.2, 0.25) is 0 Å². The standard InChI is InChI=1S/C24H32FN5O2/c1-3-11-30-23(17-7-8-17)19(14-26-30)24(32)28-21-13-18(9-10-20(21)25)27-22(31)15-29-12-5-4-6-16(29)2/h9-10,13-14,16-17H,3-8,11-12,15H2,1-2H3,(H,27,31)(H,28,32). The molecule has 1 aromatic carbocycles. The lowest BCUT2D eigenvalue weighted by atomic mass is 10.0. The third-order valence-electron chi connectivity index (χ3n) is 6.31. The fourth-order valence-electron chi connectivity index (χ4n) is 4.41. The summed E-state index contributed by atoms with van der Waals surface area (Å²) in [6.07, 6.45) is 7.97. The molecule has 1 aliphatic heterocycles. The van der Waals surface area contributed by atoms with E-state index in [1.807, 2.05) is 4.68 Å². The Labute approximate surface area is 188 Å². The smallest absolute Gasteiger partial charge is 0.259 e. The zero-order valence-corrected chi connectivity index (χ0v) is 18.9. The van der Waals surface area contributed by atoms with Gasteiger partial charge in [-0.2, -0.15) is 5.10 Å². The molecule has 172 valence electrons. The number of aromatic nitrogens is 2. The summed E-state index contributed by atoms with van der Waals surface area (Å²) in [6, 6.07) is 4.62. The van der Waals surface area contributed by atoms with E-state index in [0.29, 0.717) is 29.8 Å². The first-order chi connectivity index (χ1) is 15.5. The van der Waals surface area contributed by atoms with Gasteiger partial charge in [0.1, 0.15) is 5.82 Å². The highest BCUT2D eigenvalue weighted by Crippen LogP contribution is 2.42. The van der Waals surface area contributed by atoms with Gasteiger partial charge in [-0.3, -0.25) is 19.2 Å². The summed E-state index contributed by atoms with van der Waals surface area (Å²) in [5.41, 5.74) is 1.93. The Morgan fingerprint density at radius 3 is 2.72 bits per heavy atom. The predicted octanol–water partition coefficient (Wildman–Crippen LogP) is 4.37. The van der Waals surface area contributed by atoms with Crippen LogP contribution in [-0.4, -0.2) is 45.6 Å². The number of hydrogen-bond acceptors (Lipinski definition) is 4. The normalized spacial score (nSPS) is 19.0. The second-order valence-corrected chi connectivity index (χ2v) is 8.95. The van der Waals surface area contributed by atoms with Crippen LogP contribution in [0.15, 0.2) is 24.4 Å². The zero-order valence-electron chi connectivity index (χ0n) is 18.9. The number of hydrogen-bond donors (Lipinski definition) is 2. The Hall–Kier alpha value is -2.74. The van der Waals surface area contributed by atoms with Gasteiger partial charge >= 0.3 is 0 Å². The molecule has 8 heteroatoms. The number of nitrogens with zero attached hydrogens (tertiary/aromatic N) is 3. The highest BCUT2D eigenvalue weighted by Gasteiger charge is 2.32. The van der Waals surface area contributed by atoms with Crippen molar-refractivity contribution in [3.8, 4) is 0 Å². The first-order valence-corrected chi connectivity index (χ1v) is 11.7. The number of carbonyl (C=O) groups excluding carboxylic acids is 2. The van der Waals surface area contributed by atoms with E-state index < -0.39 is 5.82 Å². The average molecular weight is 442 g/mol. The van der Waals surface area contributed by atoms with Crippen LogP contribution in [0.1, 0.15) is 74.3 Å². The van der Waals surface area contributed by atoms with Gasteiger partial charge in [0.2, 0.25) is 5.91 Å². The van der Waals surface area contributed by atoms with Crippen molar-refractivity contribution in [2.45, 2.75) is 70.9 Å². The number of aryl methyl sites for hydroxylation is 1. The van der Waals surface area contributed by atoms with Crippen LogP contribution >= 0.6 is 0 Å². The van der Waals surface area contributed by atoms with E-state index in [-0.39, 0.29) is 17.5 Å². The van der Waals surface area contributed by atoms with Gasteiger partial charge in [-0.25, -0.2) is 4.39 Å². The molecule has 1 unspecified atom stereocenters. The van der Waals surface area contributed by atoms with Gasteiger partial charge in [0.25, 0.3) is 5.91 Å². The quantitative estimate of drug-likeness (QED) is 0.637. The molecule has 4 rings (SSSR count). The van der Waals surface area contributed by atoms with E-state index in [4.69, 9.17) is 0 Å². The molecule has 2 aromatic rings. The molecular formula is C24H32FN5O2. The third kappa shape index (κ3) is 5.18. The summed E-state index contributed by atoms with van der Waals surface area (Å²) >= 11 is 0. The maximum absolute atomic E-state index is 14.4. The lowest BCUT2D eigenvalue weighted by molar-refractivity contribution is -0.118. The highest BCUT2D eigenvalue weighted by atomic mass is 19.1. The Balaban J connectivity index is 1.44. The minimum absolute atomic E-state index is 0.0455. The van der Waals surface area contributed by atoms with Crippen molar-refractivity contribution < 1.29 is 14.0 Å². The Bertz CT molecular complexity index is 985. The van der Waals surface area contributed by atoms with E-state index >= 15 is 0 Å². The van der Waals surface area contributed by atoms with E-state index in [2.05, 4.69) is 34.5 Å². The lowest BCUT2D eigenvalue weighted by Gasteiger charge is -2.32. The SMILES string of the molecule is CCCn1ncc(C(=O)Nc2cc(NC(=O)CN3CCCCC3C)ccc2F)c1C1CC1. The van der Waals surface area contributed by atoms with Gasteiger partial charge in [0.15, 0.2) is 0 Å². The van der Waals surface area contributed by atoms with Gasteiger partial charge in [0, 0.05) is 24.2 Å². The molecular weight excluding hydrogens is 409 g/mol. The summed E-state index contributed by atoms with van der Waals surface area (Å²) < 4.78 is 16.3. The molecule has 1 saturated carbocycles. The van der Waals surface area contributed by atoms with Crippen molar-refractivity contribution in [1.29, 1.82) is 0 Å². The molecule has 1 aliphatic carbocycles. The van der Waals surface area contributed by atoms with Gasteiger partial charge in [-0.1, -0.05) is 13.3 Å². The molecule has 2 aliphatic rings. The number of anilines is 2. The number of benzene rings is 1. The number of halogens is 1. The zero-order chi connectivity index (χ0) is 22.7. The van der Waals surface area contributed by atoms with Crippen molar-refractivity contribution >= 4 is 23.2 Å². The number of piperidine rings is 1. The first kappa shape index (κ1) is 22.5. The summed E-state index contributed by atoms with van der Waals surface area (Å²) in [4.78, 5) is 27.6. The molecule has 0 radical (unpaired) electrons. The summed E-state index contributed by atoms with van der Waals surface area (Å²) in [7, 11) is 0. The second-order valence-electron chi connectivity index (χ2n) is 8.95. The lowest BCUT2D eigenvalue weighted by Crippen LogP contribution is -2.42. The molecule has 1 aromatic heterocycles. The third-order valence-corrected chi connectivity index (χ3v) is 6.31. The average Bonchev–Trinajstić information content (AvgIpc) is 3.52. The number of likely N-dealkylation sites (tertiary alicyclic amines) is 1. The predicted molar refractivity (Wildman–Crippen MR) is 122 cm³/mol. The molecule has 32 heavy (non-hydrogen) atoms. The fraction of sp³-hybridized carbons (Fsp3) is 0.542. The molecule has 2 amide bonds. The first-order valence-electron chi connectivity index (χ1n) is 11.7. The van der Waals surface area contributed by atoms with Crippen molar-refractivity contribution in [1.82, 2.24) is 14.7 Å². The van der Waals surface area contributed by atoms with E-state index in [1.165, 1.54) is 24.6 Å². The van der Waals surface area contributed by atoms with Crippen molar-refractivity contribution in [3.05, 3.63) is 41.5 Å². The number of nitrogens with one attached hydrogen (secondary N) is 2. The van der Waals surface area contributed by atoms with Gasteiger partial charge in [-0.05, 0) is 63.8 Å². The minimum atomic E-state index is -0.546. The van der Waals surface area contributed by atoms with Crippen LogP contribution in [0, 0.1) is 5.82 Å². The van der Waals surface area contributed by atoms with E-state index in [1.54, 1.807) is 6.20 Å². The van der Waals surface area contributed by atoms with Crippen LogP contribution in [0.4, 0.5) is 15.8 Å². The molecule has 0 bridgehead atoms. The van der Waals surface area contributed by atoms with E-state index in [9.17, 15) is 14.0 Å². The minimum Gasteiger partial charge on any atom is -0.325 e. The van der Waals surface area contributed by atoms with Crippen LogP contribution in [0.3, 0.4) is 0 Å². The summed E-state index contributed by atoms with van der Waals surface area (Å²) in [5, 5.41) is 9.89. The molecule has 2 fully saturated rings. The van der Waals surface area contributed by atoms with Crippen LogP contribution in [0.5, 0.6) is 0 Å². The molecule has 7 nitrogen and oxygen atoms in total. The number of carbonyl (C=O) groups is 2. The summed E-state index contributed by atoms with van der Waals surface area (Å²) in [6.45, 7) is 6.18. The maximum atomic E-state index is 14.4. The summed E-state index contributed by atoms with van der Waals surface area (Å²) in [5.74, 6) is -0.717. The van der Waals surface area contributed by atoms with Crippen LogP contribution < -0.4 is 10.6 Å². The maximum Gasteiger partial charge on any atom is 0.259 e.